The number of aliphatic carboxylic acids is 1. The van der Waals surface area contributed by atoms with E-state index in [4.69, 9.17) is 14.6 Å². The standard InChI is InChI=1S/C15H21NO5/c1-3-4-13(15(18)19)16-14(17)9-10-21-12-7-5-11(20-2)6-8-12/h5-8,13H,3-4,9-10H2,1-2H3,(H,16,17)(H,18,19)/t13-/m0/s1. The van der Waals surface area contributed by atoms with Gasteiger partial charge in [-0.25, -0.2) is 4.79 Å². The molecular formula is C15H21NO5. The van der Waals surface area contributed by atoms with Crippen LogP contribution >= 0.6 is 0 Å². The van der Waals surface area contributed by atoms with E-state index >= 15 is 0 Å². The maximum atomic E-state index is 11.6. The van der Waals surface area contributed by atoms with Crippen LogP contribution in [-0.2, 0) is 9.59 Å². The summed E-state index contributed by atoms with van der Waals surface area (Å²) in [5.74, 6) is 0.0153. The number of amides is 1. The first-order chi connectivity index (χ1) is 10.1. The normalized spacial score (nSPS) is 11.5. The highest BCUT2D eigenvalue weighted by Gasteiger charge is 2.18. The van der Waals surface area contributed by atoms with Gasteiger partial charge < -0.3 is 19.9 Å². The van der Waals surface area contributed by atoms with Crippen LogP contribution < -0.4 is 14.8 Å². The van der Waals surface area contributed by atoms with E-state index in [1.54, 1.807) is 31.4 Å². The predicted molar refractivity (Wildman–Crippen MR) is 77.6 cm³/mol. The lowest BCUT2D eigenvalue weighted by Crippen LogP contribution is -2.41. The number of hydrogen-bond acceptors (Lipinski definition) is 4. The van der Waals surface area contributed by atoms with Gasteiger partial charge in [0, 0.05) is 0 Å². The van der Waals surface area contributed by atoms with Crippen LogP contribution in [-0.4, -0.2) is 36.7 Å². The van der Waals surface area contributed by atoms with Crippen molar-refractivity contribution >= 4 is 11.9 Å². The number of hydrogen-bond donors (Lipinski definition) is 2. The van der Waals surface area contributed by atoms with E-state index < -0.39 is 12.0 Å². The minimum atomic E-state index is -1.01. The molecule has 0 bridgehead atoms. The highest BCUT2D eigenvalue weighted by atomic mass is 16.5. The zero-order valence-corrected chi connectivity index (χ0v) is 12.3. The van der Waals surface area contributed by atoms with Crippen molar-refractivity contribution in [2.75, 3.05) is 13.7 Å². The Morgan fingerprint density at radius 2 is 1.86 bits per heavy atom. The Morgan fingerprint density at radius 1 is 1.24 bits per heavy atom. The molecule has 0 spiro atoms. The molecule has 1 rings (SSSR count). The van der Waals surface area contributed by atoms with Crippen LogP contribution in [0.2, 0.25) is 0 Å². The quantitative estimate of drug-likeness (QED) is 0.726. The molecule has 1 atom stereocenters. The van der Waals surface area contributed by atoms with E-state index in [1.807, 2.05) is 6.92 Å². The van der Waals surface area contributed by atoms with Gasteiger partial charge in [0.15, 0.2) is 0 Å². The lowest BCUT2D eigenvalue weighted by Gasteiger charge is -2.13. The number of methoxy groups -OCH3 is 1. The molecule has 0 saturated heterocycles. The first-order valence-corrected chi connectivity index (χ1v) is 6.85. The van der Waals surface area contributed by atoms with Gasteiger partial charge in [-0.1, -0.05) is 13.3 Å². The molecule has 0 aromatic heterocycles. The first kappa shape index (κ1) is 16.8. The van der Waals surface area contributed by atoms with Crippen LogP contribution in [0.15, 0.2) is 24.3 Å². The van der Waals surface area contributed by atoms with Crippen LogP contribution in [0.5, 0.6) is 11.5 Å². The van der Waals surface area contributed by atoms with Gasteiger partial charge in [-0.15, -0.1) is 0 Å². The largest absolute Gasteiger partial charge is 0.497 e. The molecule has 0 fully saturated rings. The molecule has 0 saturated carbocycles. The summed E-state index contributed by atoms with van der Waals surface area (Å²) in [6, 6.07) is 6.18. The summed E-state index contributed by atoms with van der Waals surface area (Å²) in [5.41, 5.74) is 0. The lowest BCUT2D eigenvalue weighted by atomic mass is 10.1. The number of rotatable bonds is 9. The maximum Gasteiger partial charge on any atom is 0.326 e. The summed E-state index contributed by atoms with van der Waals surface area (Å²) < 4.78 is 10.4. The molecule has 0 radical (unpaired) electrons. The summed E-state index contributed by atoms with van der Waals surface area (Å²) in [5, 5.41) is 11.4. The number of carbonyl (C=O) groups is 2. The van der Waals surface area contributed by atoms with Crippen molar-refractivity contribution in [1.29, 1.82) is 0 Å². The van der Waals surface area contributed by atoms with Gasteiger partial charge in [-0.05, 0) is 30.7 Å². The summed E-state index contributed by atoms with van der Waals surface area (Å²) in [6.45, 7) is 2.06. The first-order valence-electron chi connectivity index (χ1n) is 6.85. The minimum Gasteiger partial charge on any atom is -0.497 e. The molecule has 0 aliphatic heterocycles. The molecule has 0 unspecified atom stereocenters. The van der Waals surface area contributed by atoms with Gasteiger partial charge in [0.25, 0.3) is 0 Å². The van der Waals surface area contributed by atoms with Crippen molar-refractivity contribution in [3.8, 4) is 11.5 Å². The molecule has 1 aromatic rings. The van der Waals surface area contributed by atoms with Crippen LogP contribution in [0.1, 0.15) is 26.2 Å². The molecule has 2 N–H and O–H groups in total. The molecule has 1 amide bonds. The van der Waals surface area contributed by atoms with E-state index in [1.165, 1.54) is 0 Å². The third kappa shape index (κ3) is 6.16. The Bertz CT molecular complexity index is 458. The van der Waals surface area contributed by atoms with E-state index in [0.717, 1.165) is 5.75 Å². The number of benzene rings is 1. The van der Waals surface area contributed by atoms with Crippen molar-refractivity contribution in [3.63, 3.8) is 0 Å². The fourth-order valence-corrected chi connectivity index (χ4v) is 1.75. The van der Waals surface area contributed by atoms with E-state index in [2.05, 4.69) is 5.32 Å². The molecule has 116 valence electrons. The third-order valence-electron chi connectivity index (χ3n) is 2.87. The van der Waals surface area contributed by atoms with Gasteiger partial charge in [0.2, 0.25) is 5.91 Å². The van der Waals surface area contributed by atoms with Gasteiger partial charge in [0.1, 0.15) is 17.5 Å². The topological polar surface area (TPSA) is 84.9 Å². The second kappa shape index (κ2) is 8.84. The zero-order chi connectivity index (χ0) is 15.7. The third-order valence-corrected chi connectivity index (χ3v) is 2.87. The van der Waals surface area contributed by atoms with Crippen LogP contribution in [0, 0.1) is 0 Å². The number of carboxylic acid groups (broad SMARTS) is 1. The number of ether oxygens (including phenoxy) is 2. The summed E-state index contributed by atoms with van der Waals surface area (Å²) in [4.78, 5) is 22.6. The zero-order valence-electron chi connectivity index (χ0n) is 12.3. The Morgan fingerprint density at radius 3 is 2.38 bits per heavy atom. The van der Waals surface area contributed by atoms with Gasteiger partial charge in [-0.2, -0.15) is 0 Å². The molecule has 6 heteroatoms. The van der Waals surface area contributed by atoms with Gasteiger partial charge >= 0.3 is 5.97 Å². The van der Waals surface area contributed by atoms with Crippen molar-refractivity contribution in [3.05, 3.63) is 24.3 Å². The fourth-order valence-electron chi connectivity index (χ4n) is 1.75. The number of carboxylic acids is 1. The van der Waals surface area contributed by atoms with Crippen molar-refractivity contribution in [2.45, 2.75) is 32.2 Å². The summed E-state index contributed by atoms with van der Waals surface area (Å²) in [6.07, 6.45) is 1.22. The Hall–Kier alpha value is -2.24. The molecule has 0 heterocycles. The molecule has 0 aliphatic rings. The lowest BCUT2D eigenvalue weighted by molar-refractivity contribution is -0.142. The molecule has 0 aliphatic carbocycles. The van der Waals surface area contributed by atoms with E-state index in [9.17, 15) is 9.59 Å². The molecule has 1 aromatic carbocycles. The van der Waals surface area contributed by atoms with Crippen LogP contribution in [0.4, 0.5) is 0 Å². The Labute approximate surface area is 124 Å². The van der Waals surface area contributed by atoms with Crippen molar-refractivity contribution in [1.82, 2.24) is 5.32 Å². The van der Waals surface area contributed by atoms with Crippen molar-refractivity contribution < 1.29 is 24.2 Å². The van der Waals surface area contributed by atoms with Crippen LogP contribution in [0.3, 0.4) is 0 Å². The fraction of sp³-hybridized carbons (Fsp3) is 0.467. The van der Waals surface area contributed by atoms with Gasteiger partial charge in [-0.3, -0.25) is 4.79 Å². The average molecular weight is 295 g/mol. The SMILES string of the molecule is CCC[C@H](NC(=O)CCOc1ccc(OC)cc1)C(=O)O. The summed E-state index contributed by atoms with van der Waals surface area (Å²) in [7, 11) is 1.58. The second-order valence-electron chi connectivity index (χ2n) is 4.52. The van der Waals surface area contributed by atoms with E-state index in [0.29, 0.717) is 18.6 Å². The monoisotopic (exact) mass is 295 g/mol. The highest BCUT2D eigenvalue weighted by Crippen LogP contribution is 2.16. The van der Waals surface area contributed by atoms with Crippen LogP contribution in [0.25, 0.3) is 0 Å². The molecule has 6 nitrogen and oxygen atoms in total. The summed E-state index contributed by atoms with van der Waals surface area (Å²) >= 11 is 0. The second-order valence-corrected chi connectivity index (χ2v) is 4.52. The van der Waals surface area contributed by atoms with Gasteiger partial charge in [0.05, 0.1) is 20.1 Å². The maximum absolute atomic E-state index is 11.6. The number of carbonyl (C=O) groups excluding carboxylic acids is 1. The number of nitrogens with one attached hydrogen (secondary N) is 1. The minimum absolute atomic E-state index is 0.111. The predicted octanol–water partition coefficient (Wildman–Crippen LogP) is 1.83. The van der Waals surface area contributed by atoms with E-state index in [-0.39, 0.29) is 18.9 Å². The Kier molecular flexibility index (Phi) is 7.08. The molecular weight excluding hydrogens is 274 g/mol. The highest BCUT2D eigenvalue weighted by molar-refractivity contribution is 5.83. The molecule has 21 heavy (non-hydrogen) atoms. The Balaban J connectivity index is 2.33. The smallest absolute Gasteiger partial charge is 0.326 e. The van der Waals surface area contributed by atoms with Crippen molar-refractivity contribution in [2.24, 2.45) is 0 Å². The average Bonchev–Trinajstić information content (AvgIpc) is 2.47.